The van der Waals surface area contributed by atoms with E-state index in [0.29, 0.717) is 6.54 Å². The summed E-state index contributed by atoms with van der Waals surface area (Å²) < 4.78 is 34.1. The molecule has 0 radical (unpaired) electrons. The zero-order valence-electron chi connectivity index (χ0n) is 15.1. The van der Waals surface area contributed by atoms with Crippen LogP contribution in [0, 0.1) is 0 Å². The van der Waals surface area contributed by atoms with Crippen LogP contribution in [0.3, 0.4) is 0 Å². The Morgan fingerprint density at radius 1 is 0.833 bits per heavy atom. The summed E-state index contributed by atoms with van der Waals surface area (Å²) in [6.07, 6.45) is 13.5. The minimum Gasteiger partial charge on any atom is -0.759 e. The van der Waals surface area contributed by atoms with Gasteiger partial charge in [0.25, 0.3) is 0 Å². The van der Waals surface area contributed by atoms with Gasteiger partial charge in [-0.3, -0.25) is 8.42 Å². The van der Waals surface area contributed by atoms with Gasteiger partial charge in [-0.05, 0) is 19.4 Å². The number of carboxylic acid groups (broad SMARTS) is 1. The third kappa shape index (κ3) is 43.2. The van der Waals surface area contributed by atoms with Crippen molar-refractivity contribution in [1.29, 1.82) is 0 Å². The molecule has 0 fully saturated rings. The van der Waals surface area contributed by atoms with E-state index >= 15 is 0 Å². The molecule has 0 bridgehead atoms. The van der Waals surface area contributed by atoms with E-state index in [1.54, 1.807) is 0 Å². The Morgan fingerprint density at radius 3 is 1.58 bits per heavy atom. The van der Waals surface area contributed by atoms with Gasteiger partial charge in [-0.2, -0.15) is 0 Å². The van der Waals surface area contributed by atoms with Gasteiger partial charge in [0.2, 0.25) is 0 Å². The van der Waals surface area contributed by atoms with Gasteiger partial charge in [-0.15, -0.1) is 0 Å². The number of nitrogens with one attached hydrogen (secondary N) is 1. The van der Waals surface area contributed by atoms with Crippen molar-refractivity contribution in [3.05, 3.63) is 0 Å². The molecule has 0 unspecified atom stereocenters. The molecule has 140 valence electrons. The third-order valence-electron chi connectivity index (χ3n) is 3.21. The molecule has 24 heavy (non-hydrogen) atoms. The molecule has 0 saturated heterocycles. The SMILES string of the molecule is CCCCCCCCCCCCNCCC(=O)[O-].O=S(=O)([O-])[O-].[Na+]. The van der Waals surface area contributed by atoms with Crippen LogP contribution < -0.4 is 40.0 Å². The number of unbranched alkanes of at least 4 members (excludes halogenated alkanes) is 9. The zero-order chi connectivity index (χ0) is 18.0. The average molecular weight is 375 g/mol. The van der Waals surface area contributed by atoms with Crippen molar-refractivity contribution in [3.63, 3.8) is 0 Å². The minimum atomic E-state index is -5.17. The van der Waals surface area contributed by atoms with Crippen LogP contribution in [0.15, 0.2) is 0 Å². The van der Waals surface area contributed by atoms with Gasteiger partial charge in [0, 0.05) is 22.9 Å². The molecular formula is C15H30NNaO6S-2. The summed E-state index contributed by atoms with van der Waals surface area (Å²) in [6.45, 7) is 3.73. The summed E-state index contributed by atoms with van der Waals surface area (Å²) in [5.74, 6) is -0.967. The van der Waals surface area contributed by atoms with Crippen molar-refractivity contribution in [1.82, 2.24) is 5.32 Å². The molecule has 9 heteroatoms. The van der Waals surface area contributed by atoms with E-state index in [0.717, 1.165) is 13.0 Å². The number of hydrogen-bond acceptors (Lipinski definition) is 7. The van der Waals surface area contributed by atoms with E-state index in [1.165, 1.54) is 57.8 Å². The van der Waals surface area contributed by atoms with Crippen LogP contribution in [-0.4, -0.2) is 36.6 Å². The maximum absolute atomic E-state index is 10.1. The summed E-state index contributed by atoms with van der Waals surface area (Å²) in [7, 11) is -5.17. The van der Waals surface area contributed by atoms with Gasteiger partial charge in [0.1, 0.15) is 0 Å². The van der Waals surface area contributed by atoms with Crippen molar-refractivity contribution in [2.45, 2.75) is 77.6 Å². The fourth-order valence-corrected chi connectivity index (χ4v) is 2.05. The van der Waals surface area contributed by atoms with Gasteiger partial charge in [0.15, 0.2) is 0 Å². The largest absolute Gasteiger partial charge is 1.00 e. The van der Waals surface area contributed by atoms with E-state index in [4.69, 9.17) is 17.5 Å². The molecule has 0 aromatic heterocycles. The van der Waals surface area contributed by atoms with Gasteiger partial charge in [-0.25, -0.2) is 0 Å². The molecule has 0 saturated carbocycles. The molecule has 0 heterocycles. The summed E-state index contributed by atoms with van der Waals surface area (Å²) in [5.41, 5.74) is 0. The smallest absolute Gasteiger partial charge is 0.759 e. The molecule has 0 rings (SSSR count). The first-order valence-corrected chi connectivity index (χ1v) is 9.68. The molecule has 0 aromatic rings. The number of carbonyl (C=O) groups is 1. The monoisotopic (exact) mass is 375 g/mol. The Hall–Kier alpha value is 0.300. The van der Waals surface area contributed by atoms with Crippen molar-refractivity contribution < 1.29 is 57.0 Å². The summed E-state index contributed by atoms with van der Waals surface area (Å²) in [4.78, 5) is 10.1. The number of aliphatic carboxylic acids is 1. The van der Waals surface area contributed by atoms with Gasteiger partial charge < -0.3 is 24.3 Å². The molecule has 0 atom stereocenters. The number of hydrogen-bond donors (Lipinski definition) is 1. The van der Waals surface area contributed by atoms with Crippen LogP contribution in [0.1, 0.15) is 77.6 Å². The zero-order valence-corrected chi connectivity index (χ0v) is 17.9. The Morgan fingerprint density at radius 2 is 1.21 bits per heavy atom. The Kier molecular flexibility index (Phi) is 25.9. The van der Waals surface area contributed by atoms with Crippen LogP contribution in [0.4, 0.5) is 0 Å². The normalized spacial score (nSPS) is 10.5. The molecule has 0 aromatic carbocycles. The minimum absolute atomic E-state index is 0. The molecule has 1 N–H and O–H groups in total. The van der Waals surface area contributed by atoms with Gasteiger partial charge in [0.05, 0.1) is 0 Å². The van der Waals surface area contributed by atoms with E-state index in [2.05, 4.69) is 12.2 Å². The predicted molar refractivity (Wildman–Crippen MR) is 84.8 cm³/mol. The van der Waals surface area contributed by atoms with E-state index < -0.39 is 16.4 Å². The first-order chi connectivity index (χ1) is 10.8. The fourth-order valence-electron chi connectivity index (χ4n) is 2.05. The summed E-state index contributed by atoms with van der Waals surface area (Å²) in [6, 6.07) is 0. The van der Waals surface area contributed by atoms with Gasteiger partial charge in [-0.1, -0.05) is 64.7 Å². The molecule has 0 spiro atoms. The molecule has 0 amide bonds. The standard InChI is InChI=1S/C15H31NO2.Na.H2O4S/c1-2-3-4-5-6-7-8-9-10-11-13-16-14-12-15(17)18;;1-5(2,3)4/h16H,2-14H2,1H3,(H,17,18);;(H2,1,2,3,4)/q;+1;/p-3. The first kappa shape index (κ1) is 29.1. The van der Waals surface area contributed by atoms with Crippen LogP contribution in [0.25, 0.3) is 0 Å². The van der Waals surface area contributed by atoms with Crippen LogP contribution in [0.2, 0.25) is 0 Å². The van der Waals surface area contributed by atoms with Crippen LogP contribution in [-0.2, 0) is 15.2 Å². The Balaban J connectivity index is -0.000000639. The first-order valence-electron chi connectivity index (χ1n) is 8.34. The summed E-state index contributed by atoms with van der Waals surface area (Å²) >= 11 is 0. The predicted octanol–water partition coefficient (Wildman–Crippen LogP) is -1.70. The second-order valence-corrected chi connectivity index (χ2v) is 6.28. The van der Waals surface area contributed by atoms with Crippen molar-refractivity contribution in [2.24, 2.45) is 0 Å². The van der Waals surface area contributed by atoms with Gasteiger partial charge >= 0.3 is 29.6 Å². The van der Waals surface area contributed by atoms with Crippen LogP contribution >= 0.6 is 0 Å². The van der Waals surface area contributed by atoms with E-state index in [1.807, 2.05) is 0 Å². The Labute approximate surface area is 168 Å². The van der Waals surface area contributed by atoms with Crippen molar-refractivity contribution >= 4 is 16.4 Å². The van der Waals surface area contributed by atoms with Crippen molar-refractivity contribution in [3.8, 4) is 0 Å². The molecular weight excluding hydrogens is 345 g/mol. The number of rotatable bonds is 14. The summed E-state index contributed by atoms with van der Waals surface area (Å²) in [5, 5.41) is 13.3. The number of carboxylic acids is 1. The third-order valence-corrected chi connectivity index (χ3v) is 3.21. The molecule has 0 aliphatic rings. The second-order valence-electron chi connectivity index (χ2n) is 5.46. The number of carbonyl (C=O) groups excluding carboxylic acids is 1. The van der Waals surface area contributed by atoms with Crippen LogP contribution in [0.5, 0.6) is 0 Å². The molecule has 0 aliphatic heterocycles. The molecule has 0 aliphatic carbocycles. The van der Waals surface area contributed by atoms with E-state index in [9.17, 15) is 9.90 Å². The average Bonchev–Trinajstić information content (AvgIpc) is 2.42. The quantitative estimate of drug-likeness (QED) is 0.166. The fraction of sp³-hybridized carbons (Fsp3) is 0.933. The maximum atomic E-state index is 10.1. The maximum Gasteiger partial charge on any atom is 1.00 e. The molecule has 7 nitrogen and oxygen atoms in total. The second kappa shape index (κ2) is 21.3. The Bertz CT molecular complexity index is 357. The topological polar surface area (TPSA) is 132 Å². The van der Waals surface area contributed by atoms with E-state index in [-0.39, 0.29) is 36.0 Å². The van der Waals surface area contributed by atoms with Crippen molar-refractivity contribution in [2.75, 3.05) is 13.1 Å².